The predicted octanol–water partition coefficient (Wildman–Crippen LogP) is 2.84. The van der Waals surface area contributed by atoms with E-state index in [1.165, 1.54) is 0 Å². The van der Waals surface area contributed by atoms with Crippen LogP contribution in [0, 0.1) is 0 Å². The Morgan fingerprint density at radius 2 is 1.75 bits per heavy atom. The molecule has 5 nitrogen and oxygen atoms in total. The highest BCUT2D eigenvalue weighted by atomic mass is 79.9. The lowest BCUT2D eigenvalue weighted by Crippen LogP contribution is -2.41. The molecule has 0 bridgehead atoms. The number of aliphatic hydroxyl groups is 1. The molecule has 2 aromatic rings. The molecule has 2 atom stereocenters. The van der Waals surface area contributed by atoms with Crippen LogP contribution in [0.25, 0.3) is 0 Å². The first-order valence-corrected chi connectivity index (χ1v) is 8.28. The molecule has 0 saturated heterocycles. The van der Waals surface area contributed by atoms with E-state index in [9.17, 15) is 14.7 Å². The third-order valence-electron chi connectivity index (χ3n) is 3.40. The number of halogens is 1. The number of esters is 1. The normalized spacial score (nSPS) is 13.0. The van der Waals surface area contributed by atoms with Crippen molar-refractivity contribution in [3.05, 3.63) is 70.2 Å². The third kappa shape index (κ3) is 4.66. The van der Waals surface area contributed by atoms with E-state index >= 15 is 0 Å². The number of ether oxygens (including phenoxy) is 1. The van der Waals surface area contributed by atoms with Crippen molar-refractivity contribution >= 4 is 27.8 Å². The molecule has 0 aliphatic carbocycles. The zero-order valence-electron chi connectivity index (χ0n) is 13.1. The lowest BCUT2D eigenvalue weighted by Gasteiger charge is -2.23. The quantitative estimate of drug-likeness (QED) is 0.742. The minimum absolute atomic E-state index is 0.151. The van der Waals surface area contributed by atoms with Crippen molar-refractivity contribution in [1.29, 1.82) is 0 Å². The number of aliphatic hydroxyl groups excluding tert-OH is 1. The molecule has 24 heavy (non-hydrogen) atoms. The number of carbonyl (C=O) groups is 2. The van der Waals surface area contributed by atoms with Crippen molar-refractivity contribution in [1.82, 2.24) is 5.32 Å². The predicted molar refractivity (Wildman–Crippen MR) is 93.4 cm³/mol. The Bertz CT molecular complexity index is 688. The second-order valence-electron chi connectivity index (χ2n) is 5.07. The van der Waals surface area contributed by atoms with E-state index in [0.29, 0.717) is 11.1 Å². The van der Waals surface area contributed by atoms with Gasteiger partial charge >= 0.3 is 5.97 Å². The maximum atomic E-state index is 12.4. The molecule has 0 aliphatic heterocycles. The molecule has 0 aliphatic rings. The molecule has 2 N–H and O–H groups in total. The molecule has 126 valence electrons. The van der Waals surface area contributed by atoms with Gasteiger partial charge in [-0.05, 0) is 36.8 Å². The average Bonchev–Trinajstić information content (AvgIpc) is 2.60. The molecular weight excluding hydrogens is 374 g/mol. The van der Waals surface area contributed by atoms with Gasteiger partial charge in [-0.15, -0.1) is 0 Å². The molecule has 0 radical (unpaired) electrons. The Morgan fingerprint density at radius 1 is 1.12 bits per heavy atom. The molecule has 2 aromatic carbocycles. The summed E-state index contributed by atoms with van der Waals surface area (Å²) in [4.78, 5) is 24.3. The molecular formula is C18H18BrNO4. The molecule has 0 aromatic heterocycles. The fourth-order valence-corrected chi connectivity index (χ4v) is 2.46. The SMILES string of the molecule is CCOC(=O)[C@@H](O)[C@@H](NC(=O)c1ccc(Br)cc1)c1ccccc1. The minimum Gasteiger partial charge on any atom is -0.464 e. The van der Waals surface area contributed by atoms with E-state index in [0.717, 1.165) is 4.47 Å². The molecule has 6 heteroatoms. The summed E-state index contributed by atoms with van der Waals surface area (Å²) < 4.78 is 5.71. The monoisotopic (exact) mass is 391 g/mol. The van der Waals surface area contributed by atoms with Crippen molar-refractivity contribution < 1.29 is 19.4 Å². The van der Waals surface area contributed by atoms with Crippen molar-refractivity contribution in [2.75, 3.05) is 6.61 Å². The van der Waals surface area contributed by atoms with Gasteiger partial charge in [-0.1, -0.05) is 46.3 Å². The van der Waals surface area contributed by atoms with Gasteiger partial charge in [-0.3, -0.25) is 4.79 Å². The third-order valence-corrected chi connectivity index (χ3v) is 3.92. The fraction of sp³-hybridized carbons (Fsp3) is 0.222. The van der Waals surface area contributed by atoms with Gasteiger partial charge in [0.2, 0.25) is 0 Å². The van der Waals surface area contributed by atoms with Crippen molar-refractivity contribution in [2.24, 2.45) is 0 Å². The summed E-state index contributed by atoms with van der Waals surface area (Å²) in [6, 6.07) is 14.7. The van der Waals surface area contributed by atoms with Gasteiger partial charge in [0.25, 0.3) is 5.91 Å². The Hall–Kier alpha value is -2.18. The van der Waals surface area contributed by atoms with E-state index in [4.69, 9.17) is 4.74 Å². The van der Waals surface area contributed by atoms with Gasteiger partial charge in [0.1, 0.15) is 0 Å². The minimum atomic E-state index is -1.49. The standard InChI is InChI=1S/C18H18BrNO4/c1-2-24-18(23)16(21)15(12-6-4-3-5-7-12)20-17(22)13-8-10-14(19)11-9-13/h3-11,15-16,21H,2H2,1H3,(H,20,22)/t15-,16-/m0/s1. The first-order chi connectivity index (χ1) is 11.5. The van der Waals surface area contributed by atoms with Gasteiger partial charge in [0.05, 0.1) is 12.6 Å². The molecule has 0 unspecified atom stereocenters. The van der Waals surface area contributed by atoms with Crippen LogP contribution >= 0.6 is 15.9 Å². The highest BCUT2D eigenvalue weighted by molar-refractivity contribution is 9.10. The van der Waals surface area contributed by atoms with Crippen molar-refractivity contribution in [3.63, 3.8) is 0 Å². The number of carbonyl (C=O) groups excluding carboxylic acids is 2. The molecule has 0 heterocycles. The lowest BCUT2D eigenvalue weighted by molar-refractivity contribution is -0.154. The first-order valence-electron chi connectivity index (χ1n) is 7.49. The fourth-order valence-electron chi connectivity index (χ4n) is 2.19. The number of amides is 1. The number of nitrogens with one attached hydrogen (secondary N) is 1. The zero-order chi connectivity index (χ0) is 17.5. The van der Waals surface area contributed by atoms with Gasteiger partial charge in [0.15, 0.2) is 6.10 Å². The summed E-state index contributed by atoms with van der Waals surface area (Å²) >= 11 is 3.31. The van der Waals surface area contributed by atoms with Crippen LogP contribution in [0.1, 0.15) is 28.9 Å². The number of hydrogen-bond acceptors (Lipinski definition) is 4. The highest BCUT2D eigenvalue weighted by Gasteiger charge is 2.30. The van der Waals surface area contributed by atoms with E-state index in [-0.39, 0.29) is 12.5 Å². The summed E-state index contributed by atoms with van der Waals surface area (Å²) in [5, 5.41) is 13.0. The molecule has 0 spiro atoms. The van der Waals surface area contributed by atoms with Crippen LogP contribution in [0.15, 0.2) is 59.1 Å². The van der Waals surface area contributed by atoms with Crippen LogP contribution in [0.5, 0.6) is 0 Å². The Kier molecular flexibility index (Phi) is 6.52. The van der Waals surface area contributed by atoms with Crippen LogP contribution in [0.2, 0.25) is 0 Å². The lowest BCUT2D eigenvalue weighted by atomic mass is 10.0. The van der Waals surface area contributed by atoms with Crippen molar-refractivity contribution in [2.45, 2.75) is 19.1 Å². The topological polar surface area (TPSA) is 75.6 Å². The summed E-state index contributed by atoms with van der Waals surface area (Å²) in [5.74, 6) is -1.16. The van der Waals surface area contributed by atoms with Crippen molar-refractivity contribution in [3.8, 4) is 0 Å². The van der Waals surface area contributed by atoms with E-state index in [2.05, 4.69) is 21.2 Å². The summed E-state index contributed by atoms with van der Waals surface area (Å²) in [6.45, 7) is 1.81. The number of benzene rings is 2. The maximum absolute atomic E-state index is 12.4. The molecule has 0 saturated carbocycles. The average molecular weight is 392 g/mol. The van der Waals surface area contributed by atoms with E-state index < -0.39 is 18.1 Å². The van der Waals surface area contributed by atoms with Crippen LogP contribution in [-0.4, -0.2) is 29.7 Å². The number of rotatable bonds is 6. The Labute approximate surface area is 148 Å². The summed E-state index contributed by atoms with van der Waals surface area (Å²) in [7, 11) is 0. The summed E-state index contributed by atoms with van der Waals surface area (Å²) in [6.07, 6.45) is -1.49. The van der Waals surface area contributed by atoms with Gasteiger partial charge in [-0.25, -0.2) is 4.79 Å². The van der Waals surface area contributed by atoms with Crippen LogP contribution in [0.4, 0.5) is 0 Å². The highest BCUT2D eigenvalue weighted by Crippen LogP contribution is 2.19. The summed E-state index contributed by atoms with van der Waals surface area (Å²) in [5.41, 5.74) is 1.04. The van der Waals surface area contributed by atoms with Gasteiger partial charge in [-0.2, -0.15) is 0 Å². The van der Waals surface area contributed by atoms with Gasteiger partial charge in [0, 0.05) is 10.0 Å². The van der Waals surface area contributed by atoms with Crippen LogP contribution in [0.3, 0.4) is 0 Å². The van der Waals surface area contributed by atoms with Crippen LogP contribution < -0.4 is 5.32 Å². The molecule has 2 rings (SSSR count). The Balaban J connectivity index is 2.24. The second-order valence-corrected chi connectivity index (χ2v) is 5.98. The van der Waals surface area contributed by atoms with Crippen LogP contribution in [-0.2, 0) is 9.53 Å². The Morgan fingerprint density at radius 3 is 2.33 bits per heavy atom. The number of hydrogen-bond donors (Lipinski definition) is 2. The maximum Gasteiger partial charge on any atom is 0.337 e. The largest absolute Gasteiger partial charge is 0.464 e. The molecule has 1 amide bonds. The van der Waals surface area contributed by atoms with Gasteiger partial charge < -0.3 is 15.2 Å². The molecule has 0 fully saturated rings. The van der Waals surface area contributed by atoms with E-state index in [1.54, 1.807) is 55.5 Å². The smallest absolute Gasteiger partial charge is 0.337 e. The van der Waals surface area contributed by atoms with E-state index in [1.807, 2.05) is 6.07 Å². The second kappa shape index (κ2) is 8.61. The zero-order valence-corrected chi connectivity index (χ0v) is 14.7. The first kappa shape index (κ1) is 18.2.